The van der Waals surface area contributed by atoms with Crippen molar-refractivity contribution in [3.63, 3.8) is 0 Å². The third-order valence-electron chi connectivity index (χ3n) is 1.95. The Bertz CT molecular complexity index is 493. The van der Waals surface area contributed by atoms with E-state index >= 15 is 0 Å². The van der Waals surface area contributed by atoms with Gasteiger partial charge in [-0.25, -0.2) is 4.98 Å². The van der Waals surface area contributed by atoms with Gasteiger partial charge < -0.3 is 10.1 Å². The minimum atomic E-state index is -0.901. The van der Waals surface area contributed by atoms with Crippen molar-refractivity contribution in [1.82, 2.24) is 9.97 Å². The Hall–Kier alpha value is -1.55. The molecule has 2 N–H and O–H groups in total. The van der Waals surface area contributed by atoms with Gasteiger partial charge in [-0.3, -0.25) is 4.79 Å². The molecule has 2 aromatic rings. The van der Waals surface area contributed by atoms with Gasteiger partial charge in [0.1, 0.15) is 5.52 Å². The van der Waals surface area contributed by atoms with Crippen LogP contribution >= 0.6 is 11.6 Å². The molecule has 0 atom stereocenters. The van der Waals surface area contributed by atoms with Crippen molar-refractivity contribution in [2.45, 2.75) is 6.42 Å². The Morgan fingerprint density at radius 1 is 1.57 bits per heavy atom. The van der Waals surface area contributed by atoms with Crippen molar-refractivity contribution >= 4 is 28.6 Å². The third kappa shape index (κ3) is 1.44. The Morgan fingerprint density at radius 2 is 2.36 bits per heavy atom. The molecule has 0 aliphatic carbocycles. The van der Waals surface area contributed by atoms with Crippen LogP contribution in [0, 0.1) is 0 Å². The first-order valence-electron chi connectivity index (χ1n) is 4.00. The number of carbonyl (C=O) groups is 1. The van der Waals surface area contributed by atoms with E-state index in [1.807, 2.05) is 0 Å². The Balaban J connectivity index is 2.56. The number of rotatable bonds is 2. The first kappa shape index (κ1) is 9.02. The standard InChI is InChI=1S/C9H7ClN2O2/c10-8-5(3-7(13)14)1-2-6-9(8)12-4-11-6/h1-2,4H,3H2,(H,11,12)(H,13,14). The predicted octanol–water partition coefficient (Wildman–Crippen LogP) is 1.84. The average Bonchev–Trinajstić information content (AvgIpc) is 2.57. The van der Waals surface area contributed by atoms with Crippen LogP contribution in [0.3, 0.4) is 0 Å². The molecule has 14 heavy (non-hydrogen) atoms. The number of imidazole rings is 1. The van der Waals surface area contributed by atoms with Gasteiger partial charge >= 0.3 is 5.97 Å². The fourth-order valence-corrected chi connectivity index (χ4v) is 1.60. The number of H-pyrrole nitrogens is 1. The van der Waals surface area contributed by atoms with Crippen LogP contribution in [0.2, 0.25) is 5.02 Å². The van der Waals surface area contributed by atoms with Gasteiger partial charge in [-0.1, -0.05) is 17.7 Å². The molecule has 0 saturated carbocycles. The number of hydrogen-bond acceptors (Lipinski definition) is 2. The maximum Gasteiger partial charge on any atom is 0.307 e. The van der Waals surface area contributed by atoms with Gasteiger partial charge in [0.05, 0.1) is 23.3 Å². The number of benzene rings is 1. The monoisotopic (exact) mass is 210 g/mol. The topological polar surface area (TPSA) is 66.0 Å². The minimum absolute atomic E-state index is 0.0817. The van der Waals surface area contributed by atoms with Crippen molar-refractivity contribution in [1.29, 1.82) is 0 Å². The number of aromatic nitrogens is 2. The third-order valence-corrected chi connectivity index (χ3v) is 2.37. The molecule has 0 amide bonds. The number of aromatic amines is 1. The van der Waals surface area contributed by atoms with Crippen LogP contribution in [0.25, 0.3) is 11.0 Å². The summed E-state index contributed by atoms with van der Waals surface area (Å²) in [5.41, 5.74) is 2.01. The predicted molar refractivity (Wildman–Crippen MR) is 52.4 cm³/mol. The second-order valence-corrected chi connectivity index (χ2v) is 3.29. The van der Waals surface area contributed by atoms with E-state index in [1.165, 1.54) is 6.33 Å². The fraction of sp³-hybridized carbons (Fsp3) is 0.111. The second kappa shape index (κ2) is 3.31. The molecule has 0 aliphatic rings. The van der Waals surface area contributed by atoms with Crippen LogP contribution in [0.5, 0.6) is 0 Å². The molecule has 0 radical (unpaired) electrons. The lowest BCUT2D eigenvalue weighted by Gasteiger charge is -2.00. The van der Waals surface area contributed by atoms with E-state index < -0.39 is 5.97 Å². The average molecular weight is 211 g/mol. The maximum absolute atomic E-state index is 10.5. The van der Waals surface area contributed by atoms with Crippen LogP contribution in [-0.2, 0) is 11.2 Å². The summed E-state index contributed by atoms with van der Waals surface area (Å²) in [7, 11) is 0. The molecule has 1 aromatic carbocycles. The van der Waals surface area contributed by atoms with E-state index in [0.717, 1.165) is 5.52 Å². The van der Waals surface area contributed by atoms with Crippen molar-refractivity contribution in [2.75, 3.05) is 0 Å². The maximum atomic E-state index is 10.5. The van der Waals surface area contributed by atoms with Crippen LogP contribution in [0.15, 0.2) is 18.5 Å². The first-order valence-corrected chi connectivity index (χ1v) is 4.38. The van der Waals surface area contributed by atoms with E-state index in [1.54, 1.807) is 12.1 Å². The summed E-state index contributed by atoms with van der Waals surface area (Å²) in [5, 5.41) is 9.04. The van der Waals surface area contributed by atoms with E-state index in [4.69, 9.17) is 16.7 Å². The summed E-state index contributed by atoms with van der Waals surface area (Å²) in [6, 6.07) is 3.46. The van der Waals surface area contributed by atoms with Gasteiger partial charge in [0.15, 0.2) is 0 Å². The Kier molecular flexibility index (Phi) is 2.13. The van der Waals surface area contributed by atoms with Crippen molar-refractivity contribution in [2.24, 2.45) is 0 Å². The molecule has 1 heterocycles. The highest BCUT2D eigenvalue weighted by molar-refractivity contribution is 6.35. The number of carboxylic acids is 1. The van der Waals surface area contributed by atoms with Gasteiger partial charge in [-0.05, 0) is 11.6 Å². The van der Waals surface area contributed by atoms with Crippen LogP contribution in [0.4, 0.5) is 0 Å². The zero-order valence-corrected chi connectivity index (χ0v) is 7.88. The largest absolute Gasteiger partial charge is 0.481 e. The number of halogens is 1. The van der Waals surface area contributed by atoms with Gasteiger partial charge in [0.25, 0.3) is 0 Å². The van der Waals surface area contributed by atoms with E-state index in [0.29, 0.717) is 16.1 Å². The van der Waals surface area contributed by atoms with Crippen molar-refractivity contribution < 1.29 is 9.90 Å². The molecular formula is C9H7ClN2O2. The summed E-state index contributed by atoms with van der Waals surface area (Å²) in [6.07, 6.45) is 1.45. The summed E-state index contributed by atoms with van der Waals surface area (Å²) in [6.45, 7) is 0. The number of nitrogens with one attached hydrogen (secondary N) is 1. The van der Waals surface area contributed by atoms with E-state index in [-0.39, 0.29) is 6.42 Å². The van der Waals surface area contributed by atoms with E-state index in [2.05, 4.69) is 9.97 Å². The Morgan fingerprint density at radius 3 is 3.07 bits per heavy atom. The van der Waals surface area contributed by atoms with Crippen molar-refractivity contribution in [3.05, 3.63) is 29.0 Å². The smallest absolute Gasteiger partial charge is 0.307 e. The summed E-state index contributed by atoms with van der Waals surface area (Å²) in [4.78, 5) is 17.4. The zero-order chi connectivity index (χ0) is 10.1. The van der Waals surface area contributed by atoms with Crippen LogP contribution < -0.4 is 0 Å². The molecule has 0 fully saturated rings. The van der Waals surface area contributed by atoms with E-state index in [9.17, 15) is 4.79 Å². The lowest BCUT2D eigenvalue weighted by molar-refractivity contribution is -0.136. The van der Waals surface area contributed by atoms with Gasteiger partial charge in [0.2, 0.25) is 0 Å². The SMILES string of the molecule is O=C(O)Cc1ccc2[nH]cnc2c1Cl. The molecule has 0 aliphatic heterocycles. The molecule has 0 saturated heterocycles. The molecule has 2 rings (SSSR count). The molecule has 0 bridgehead atoms. The molecule has 0 unspecified atom stereocenters. The van der Waals surface area contributed by atoms with Crippen LogP contribution in [-0.4, -0.2) is 21.0 Å². The summed E-state index contributed by atoms with van der Waals surface area (Å²) in [5.74, 6) is -0.901. The molecule has 5 heteroatoms. The first-order chi connectivity index (χ1) is 6.68. The molecule has 4 nitrogen and oxygen atoms in total. The molecule has 0 spiro atoms. The van der Waals surface area contributed by atoms with Gasteiger partial charge in [-0.15, -0.1) is 0 Å². The molecular weight excluding hydrogens is 204 g/mol. The lowest BCUT2D eigenvalue weighted by atomic mass is 10.1. The quantitative estimate of drug-likeness (QED) is 0.795. The number of carboxylic acid groups (broad SMARTS) is 1. The number of hydrogen-bond donors (Lipinski definition) is 2. The van der Waals surface area contributed by atoms with Crippen LogP contribution in [0.1, 0.15) is 5.56 Å². The number of nitrogens with zero attached hydrogens (tertiary/aromatic N) is 1. The number of aliphatic carboxylic acids is 1. The highest BCUT2D eigenvalue weighted by atomic mass is 35.5. The highest BCUT2D eigenvalue weighted by Crippen LogP contribution is 2.24. The zero-order valence-electron chi connectivity index (χ0n) is 7.12. The molecule has 1 aromatic heterocycles. The number of fused-ring (bicyclic) bond motifs is 1. The summed E-state index contributed by atoms with van der Waals surface area (Å²) >= 11 is 5.98. The van der Waals surface area contributed by atoms with Gasteiger partial charge in [-0.2, -0.15) is 0 Å². The van der Waals surface area contributed by atoms with Crippen molar-refractivity contribution in [3.8, 4) is 0 Å². The lowest BCUT2D eigenvalue weighted by Crippen LogP contribution is -2.00. The fourth-order valence-electron chi connectivity index (χ4n) is 1.31. The Labute approximate surface area is 84.5 Å². The highest BCUT2D eigenvalue weighted by Gasteiger charge is 2.09. The minimum Gasteiger partial charge on any atom is -0.481 e. The normalized spacial score (nSPS) is 10.6. The molecule has 72 valence electrons. The van der Waals surface area contributed by atoms with Gasteiger partial charge in [0, 0.05) is 0 Å². The summed E-state index contributed by atoms with van der Waals surface area (Å²) < 4.78 is 0. The second-order valence-electron chi connectivity index (χ2n) is 2.91.